The van der Waals surface area contributed by atoms with E-state index in [-0.39, 0.29) is 5.56 Å². The molecule has 7 nitrogen and oxygen atoms in total. The van der Waals surface area contributed by atoms with Gasteiger partial charge >= 0.3 is 0 Å². The summed E-state index contributed by atoms with van der Waals surface area (Å²) in [5, 5.41) is 16.9. The monoisotopic (exact) mass is 482 g/mol. The van der Waals surface area contributed by atoms with Gasteiger partial charge in [0.25, 0.3) is 6.43 Å². The van der Waals surface area contributed by atoms with Crippen LogP contribution < -0.4 is 5.32 Å². The van der Waals surface area contributed by atoms with Crippen LogP contribution in [-0.2, 0) is 11.8 Å². The fourth-order valence-corrected chi connectivity index (χ4v) is 6.41. The zero-order chi connectivity index (χ0) is 23.9. The average Bonchev–Trinajstić information content (AvgIpc) is 3.51. The molecule has 4 heterocycles. The van der Waals surface area contributed by atoms with Crippen LogP contribution in [0.25, 0.3) is 22.2 Å². The quantitative estimate of drug-likeness (QED) is 0.557. The molecule has 0 bridgehead atoms. The summed E-state index contributed by atoms with van der Waals surface area (Å²) in [6, 6.07) is 7.45. The number of anilines is 1. The normalized spacial score (nSPS) is 24.0. The largest absolute Gasteiger partial charge is 0.381 e. The van der Waals surface area contributed by atoms with Crippen molar-refractivity contribution in [1.82, 2.24) is 24.9 Å². The average molecular weight is 483 g/mol. The zero-order valence-electron chi connectivity index (χ0n) is 20.0. The van der Waals surface area contributed by atoms with Gasteiger partial charge in [0.1, 0.15) is 5.82 Å². The van der Waals surface area contributed by atoms with Gasteiger partial charge in [-0.2, -0.15) is 5.10 Å². The van der Waals surface area contributed by atoms with Gasteiger partial charge in [0.2, 0.25) is 0 Å². The molecule has 0 unspecified atom stereocenters. The first-order valence-electron chi connectivity index (χ1n) is 12.7. The van der Waals surface area contributed by atoms with Gasteiger partial charge in [-0.05, 0) is 67.7 Å². The van der Waals surface area contributed by atoms with Gasteiger partial charge in [-0.15, -0.1) is 10.2 Å². The number of nitrogens with zero attached hydrogens (tertiary/aromatic N) is 5. The van der Waals surface area contributed by atoms with E-state index in [1.807, 2.05) is 6.07 Å². The maximum Gasteiger partial charge on any atom is 0.265 e. The summed E-state index contributed by atoms with van der Waals surface area (Å²) < 4.78 is 35.0. The number of hydrogen-bond donors (Lipinski definition) is 1. The highest BCUT2D eigenvalue weighted by Gasteiger charge is 2.41. The van der Waals surface area contributed by atoms with Crippen LogP contribution in [0.3, 0.4) is 0 Å². The third kappa shape index (κ3) is 4.63. The number of alkyl halides is 2. The molecule has 1 aromatic carbocycles. The summed E-state index contributed by atoms with van der Waals surface area (Å²) in [5.41, 5.74) is 1.36. The minimum Gasteiger partial charge on any atom is -0.381 e. The van der Waals surface area contributed by atoms with Crippen LogP contribution in [0, 0.1) is 17.8 Å². The van der Waals surface area contributed by atoms with Gasteiger partial charge in [0.15, 0.2) is 0 Å². The first-order chi connectivity index (χ1) is 17.0. The summed E-state index contributed by atoms with van der Waals surface area (Å²) in [4.78, 5) is 2.66. The molecule has 0 radical (unpaired) electrons. The Morgan fingerprint density at radius 3 is 2.51 bits per heavy atom. The molecule has 2 aliphatic heterocycles. The summed E-state index contributed by atoms with van der Waals surface area (Å²) >= 11 is 0. The number of aryl methyl sites for hydroxylation is 1. The first-order valence-corrected chi connectivity index (χ1v) is 12.7. The Kier molecular flexibility index (Phi) is 6.14. The highest BCUT2D eigenvalue weighted by atomic mass is 19.3. The molecule has 186 valence electrons. The van der Waals surface area contributed by atoms with Crippen molar-refractivity contribution < 1.29 is 13.5 Å². The van der Waals surface area contributed by atoms with E-state index in [2.05, 4.69) is 25.5 Å². The third-order valence-electron chi connectivity index (χ3n) is 8.04. The molecule has 6 rings (SSSR count). The molecule has 35 heavy (non-hydrogen) atoms. The summed E-state index contributed by atoms with van der Waals surface area (Å²) in [5.74, 6) is 2.97. The maximum atomic E-state index is 14.0. The van der Waals surface area contributed by atoms with Gasteiger partial charge in [-0.1, -0.05) is 0 Å². The smallest absolute Gasteiger partial charge is 0.265 e. The van der Waals surface area contributed by atoms with Gasteiger partial charge in [-0.25, -0.2) is 8.78 Å². The van der Waals surface area contributed by atoms with Crippen molar-refractivity contribution >= 4 is 16.7 Å². The molecule has 2 aromatic heterocycles. The lowest BCUT2D eigenvalue weighted by Gasteiger charge is -2.27. The molecule has 9 heteroatoms. The first kappa shape index (κ1) is 22.8. The number of fused-ring (bicyclic) bond motifs is 2. The van der Waals surface area contributed by atoms with Crippen molar-refractivity contribution in [3.05, 3.63) is 36.0 Å². The van der Waals surface area contributed by atoms with E-state index < -0.39 is 6.43 Å². The predicted octanol–water partition coefficient (Wildman–Crippen LogP) is 4.52. The van der Waals surface area contributed by atoms with Crippen molar-refractivity contribution in [1.29, 1.82) is 0 Å². The number of nitrogens with one attached hydrogen (secondary N) is 1. The van der Waals surface area contributed by atoms with E-state index in [0.29, 0.717) is 34.0 Å². The van der Waals surface area contributed by atoms with Crippen molar-refractivity contribution in [3.8, 4) is 11.3 Å². The van der Waals surface area contributed by atoms with Crippen LogP contribution in [0.1, 0.15) is 37.7 Å². The Morgan fingerprint density at radius 2 is 1.83 bits per heavy atom. The third-order valence-corrected chi connectivity index (χ3v) is 8.04. The molecule has 3 aromatic rings. The lowest BCUT2D eigenvalue weighted by Crippen LogP contribution is -2.32. The topological polar surface area (TPSA) is 68.1 Å². The SMILES string of the molecule is Cn1cc2c(C(F)F)c(-c3ccc(NC4C[C@@H]5CN(CC6CCOCC6)C[C@H]5C4)nn3)ccc2n1. The highest BCUT2D eigenvalue weighted by molar-refractivity contribution is 5.88. The van der Waals surface area contributed by atoms with E-state index in [1.165, 1.54) is 32.5 Å². The van der Waals surface area contributed by atoms with Crippen LogP contribution in [-0.4, -0.2) is 63.8 Å². The fourth-order valence-electron chi connectivity index (χ4n) is 6.41. The van der Waals surface area contributed by atoms with Crippen LogP contribution in [0.2, 0.25) is 0 Å². The number of hydrogen-bond acceptors (Lipinski definition) is 6. The second-order valence-corrected chi connectivity index (χ2v) is 10.5. The van der Waals surface area contributed by atoms with E-state index in [1.54, 1.807) is 36.1 Å². The highest BCUT2D eigenvalue weighted by Crippen LogP contribution is 2.40. The molecule has 0 amide bonds. The van der Waals surface area contributed by atoms with E-state index >= 15 is 0 Å². The Morgan fingerprint density at radius 1 is 1.06 bits per heavy atom. The number of rotatable bonds is 6. The molecule has 2 atom stereocenters. The van der Waals surface area contributed by atoms with Crippen molar-refractivity contribution in [2.45, 2.75) is 38.2 Å². The number of aromatic nitrogens is 4. The van der Waals surface area contributed by atoms with E-state index in [9.17, 15) is 8.78 Å². The van der Waals surface area contributed by atoms with Gasteiger partial charge < -0.3 is 15.0 Å². The fraction of sp³-hybridized carbons (Fsp3) is 0.577. The van der Waals surface area contributed by atoms with Gasteiger partial charge in [-0.3, -0.25) is 4.68 Å². The number of benzene rings is 1. The van der Waals surface area contributed by atoms with E-state index in [4.69, 9.17) is 4.74 Å². The van der Waals surface area contributed by atoms with Crippen LogP contribution in [0.4, 0.5) is 14.6 Å². The second kappa shape index (κ2) is 9.43. The minimum atomic E-state index is -2.62. The Bertz CT molecular complexity index is 1160. The lowest BCUT2D eigenvalue weighted by molar-refractivity contribution is 0.0545. The molecule has 3 fully saturated rings. The predicted molar refractivity (Wildman–Crippen MR) is 130 cm³/mol. The van der Waals surface area contributed by atoms with E-state index in [0.717, 1.165) is 43.8 Å². The van der Waals surface area contributed by atoms with Gasteiger partial charge in [0, 0.05) is 68.6 Å². The Hall–Kier alpha value is -2.65. The van der Waals surface area contributed by atoms with Crippen LogP contribution in [0.15, 0.2) is 30.5 Å². The Balaban J connectivity index is 1.09. The zero-order valence-corrected chi connectivity index (χ0v) is 20.0. The van der Waals surface area contributed by atoms with Crippen molar-refractivity contribution in [2.24, 2.45) is 24.8 Å². The molecular formula is C26H32F2N6O. The van der Waals surface area contributed by atoms with Crippen molar-refractivity contribution in [2.75, 3.05) is 38.2 Å². The molecule has 1 N–H and O–H groups in total. The lowest BCUT2D eigenvalue weighted by atomic mass is 10.00. The van der Waals surface area contributed by atoms with Crippen LogP contribution >= 0.6 is 0 Å². The second-order valence-electron chi connectivity index (χ2n) is 10.5. The van der Waals surface area contributed by atoms with Gasteiger partial charge in [0.05, 0.1) is 11.2 Å². The standard InChI is InChI=1S/C26H32F2N6O/c1-33-15-21-23(32-33)3-2-20(25(21)26(27)28)22-4-5-24(31-30-22)29-19-10-17-13-34(14-18(17)11-19)12-16-6-8-35-9-7-16/h2-5,15-19,26H,6-14H2,1H3,(H,29,31)/t17-,18-/m1/s1. The molecule has 1 saturated carbocycles. The maximum absolute atomic E-state index is 14.0. The number of likely N-dealkylation sites (tertiary alicyclic amines) is 1. The summed E-state index contributed by atoms with van der Waals surface area (Å²) in [7, 11) is 1.73. The van der Waals surface area contributed by atoms with Crippen molar-refractivity contribution in [3.63, 3.8) is 0 Å². The number of ether oxygens (including phenoxy) is 1. The van der Waals surface area contributed by atoms with Crippen LogP contribution in [0.5, 0.6) is 0 Å². The number of halogens is 2. The minimum absolute atomic E-state index is 0.0421. The molecule has 3 aliphatic rings. The Labute approximate surface area is 203 Å². The molecule has 2 saturated heterocycles. The summed E-state index contributed by atoms with van der Waals surface area (Å²) in [6.07, 6.45) is 3.68. The molecule has 1 aliphatic carbocycles. The molecule has 0 spiro atoms. The molecular weight excluding hydrogens is 450 g/mol. The summed E-state index contributed by atoms with van der Waals surface area (Å²) in [6.45, 7) is 5.43.